The predicted molar refractivity (Wildman–Crippen MR) is 88.1 cm³/mol. The molecule has 0 saturated carbocycles. The van der Waals surface area contributed by atoms with Crippen molar-refractivity contribution in [3.63, 3.8) is 0 Å². The molecule has 3 N–H and O–H groups in total. The van der Waals surface area contributed by atoms with E-state index < -0.39 is 0 Å². The molecule has 118 valence electrons. The van der Waals surface area contributed by atoms with Crippen molar-refractivity contribution < 1.29 is 9.47 Å². The molecule has 0 radical (unpaired) electrons. The Morgan fingerprint density at radius 1 is 1.38 bits per heavy atom. The van der Waals surface area contributed by atoms with E-state index in [9.17, 15) is 0 Å². The summed E-state index contributed by atoms with van der Waals surface area (Å²) in [4.78, 5) is 0. The molecule has 4 nitrogen and oxygen atoms in total. The molecule has 1 fully saturated rings. The van der Waals surface area contributed by atoms with Gasteiger partial charge in [-0.25, -0.2) is 0 Å². The molecule has 1 aliphatic heterocycles. The van der Waals surface area contributed by atoms with Crippen LogP contribution >= 0.6 is 15.9 Å². The molecule has 21 heavy (non-hydrogen) atoms. The number of benzene rings is 1. The number of hydrogen-bond acceptors (Lipinski definition) is 4. The fourth-order valence-corrected chi connectivity index (χ4v) is 3.93. The number of rotatable bonds is 4. The van der Waals surface area contributed by atoms with Gasteiger partial charge in [0.15, 0.2) is 0 Å². The summed E-state index contributed by atoms with van der Waals surface area (Å²) in [6.45, 7) is 8.52. The molecule has 0 aromatic heterocycles. The molecule has 1 saturated heterocycles. The number of halogens is 1. The Kier molecular flexibility index (Phi) is 4.69. The van der Waals surface area contributed by atoms with Crippen LogP contribution in [0.5, 0.6) is 5.75 Å². The van der Waals surface area contributed by atoms with Crippen LogP contribution in [0.1, 0.15) is 45.7 Å². The fraction of sp³-hybridized carbons (Fsp3) is 0.625. The molecule has 2 atom stereocenters. The van der Waals surface area contributed by atoms with Crippen LogP contribution in [0.3, 0.4) is 0 Å². The predicted octanol–water partition coefficient (Wildman–Crippen LogP) is 3.56. The zero-order valence-electron chi connectivity index (χ0n) is 13.4. The highest BCUT2D eigenvalue weighted by Crippen LogP contribution is 2.48. The number of methoxy groups -OCH3 is 1. The average Bonchev–Trinajstić information content (AvgIpc) is 2.61. The van der Waals surface area contributed by atoms with Gasteiger partial charge in [-0.15, -0.1) is 0 Å². The smallest absolute Gasteiger partial charge is 0.119 e. The molecule has 2 unspecified atom stereocenters. The van der Waals surface area contributed by atoms with Crippen LogP contribution in [-0.4, -0.2) is 18.3 Å². The van der Waals surface area contributed by atoms with Gasteiger partial charge in [0.2, 0.25) is 0 Å². The lowest BCUT2D eigenvalue weighted by molar-refractivity contribution is -0.0779. The first-order valence-corrected chi connectivity index (χ1v) is 7.99. The van der Waals surface area contributed by atoms with Crippen molar-refractivity contribution in [1.29, 1.82) is 0 Å². The van der Waals surface area contributed by atoms with E-state index in [0.29, 0.717) is 0 Å². The molecular formula is C16H25BrN2O2. The molecule has 5 heteroatoms. The van der Waals surface area contributed by atoms with E-state index >= 15 is 0 Å². The third kappa shape index (κ3) is 3.42. The normalized spacial score (nSPS) is 24.8. The van der Waals surface area contributed by atoms with Crippen molar-refractivity contribution in [2.24, 2.45) is 11.8 Å². The monoisotopic (exact) mass is 356 g/mol. The highest BCUT2D eigenvalue weighted by Gasteiger charge is 2.49. The van der Waals surface area contributed by atoms with Crippen LogP contribution in [0, 0.1) is 5.92 Å². The summed E-state index contributed by atoms with van der Waals surface area (Å²) in [6.07, 6.45) is 0.943. The zero-order chi connectivity index (χ0) is 15.8. The number of hydrazine groups is 1. The van der Waals surface area contributed by atoms with Gasteiger partial charge in [0, 0.05) is 10.4 Å². The SMILES string of the molecule is COc1ccc(Br)c(C(NN)C2CC(C)(C)OC2(C)C)c1. The van der Waals surface area contributed by atoms with E-state index in [0.717, 1.165) is 22.2 Å². The van der Waals surface area contributed by atoms with E-state index in [1.165, 1.54) is 0 Å². The minimum Gasteiger partial charge on any atom is -0.497 e. The number of nitrogens with two attached hydrogens (primary N) is 1. The average molecular weight is 357 g/mol. The van der Waals surface area contributed by atoms with Gasteiger partial charge in [-0.3, -0.25) is 11.3 Å². The van der Waals surface area contributed by atoms with Crippen molar-refractivity contribution in [2.75, 3.05) is 7.11 Å². The van der Waals surface area contributed by atoms with Gasteiger partial charge in [0.05, 0.1) is 24.4 Å². The van der Waals surface area contributed by atoms with Crippen LogP contribution < -0.4 is 16.0 Å². The van der Waals surface area contributed by atoms with Gasteiger partial charge in [0.25, 0.3) is 0 Å². The van der Waals surface area contributed by atoms with E-state index in [4.69, 9.17) is 15.3 Å². The van der Waals surface area contributed by atoms with Crippen molar-refractivity contribution in [2.45, 2.75) is 51.4 Å². The summed E-state index contributed by atoms with van der Waals surface area (Å²) in [5.41, 5.74) is 3.68. The molecule has 0 bridgehead atoms. The maximum absolute atomic E-state index is 6.21. The second-order valence-electron chi connectivity index (χ2n) is 6.81. The second kappa shape index (κ2) is 5.88. The van der Waals surface area contributed by atoms with E-state index in [1.807, 2.05) is 18.2 Å². The first-order chi connectivity index (χ1) is 9.70. The Labute approximate surface area is 135 Å². The summed E-state index contributed by atoms with van der Waals surface area (Å²) in [6, 6.07) is 5.94. The van der Waals surface area contributed by atoms with Gasteiger partial charge in [-0.05, 0) is 57.9 Å². The summed E-state index contributed by atoms with van der Waals surface area (Å²) in [5.74, 6) is 6.98. The molecule has 1 aromatic rings. The quantitative estimate of drug-likeness (QED) is 0.639. The van der Waals surface area contributed by atoms with Crippen LogP contribution in [0.2, 0.25) is 0 Å². The molecule has 1 heterocycles. The molecular weight excluding hydrogens is 332 g/mol. The molecule has 0 spiro atoms. The lowest BCUT2D eigenvalue weighted by atomic mass is 9.79. The van der Waals surface area contributed by atoms with Gasteiger partial charge >= 0.3 is 0 Å². The fourth-order valence-electron chi connectivity index (χ4n) is 3.43. The topological polar surface area (TPSA) is 56.5 Å². The van der Waals surface area contributed by atoms with Gasteiger partial charge < -0.3 is 9.47 Å². The first kappa shape index (κ1) is 16.7. The van der Waals surface area contributed by atoms with E-state index in [-0.39, 0.29) is 23.2 Å². The summed E-state index contributed by atoms with van der Waals surface area (Å²) in [7, 11) is 1.67. The van der Waals surface area contributed by atoms with Crippen molar-refractivity contribution in [1.82, 2.24) is 5.43 Å². The van der Waals surface area contributed by atoms with Crippen LogP contribution in [-0.2, 0) is 4.74 Å². The molecule has 0 aliphatic carbocycles. The molecule has 1 aromatic carbocycles. The first-order valence-electron chi connectivity index (χ1n) is 7.20. The summed E-state index contributed by atoms with van der Waals surface area (Å²) < 4.78 is 12.6. The lowest BCUT2D eigenvalue weighted by Crippen LogP contribution is -2.41. The Morgan fingerprint density at radius 2 is 2.05 bits per heavy atom. The highest BCUT2D eigenvalue weighted by atomic mass is 79.9. The lowest BCUT2D eigenvalue weighted by Gasteiger charge is -2.33. The van der Waals surface area contributed by atoms with Gasteiger partial charge in [0.1, 0.15) is 5.75 Å². The van der Waals surface area contributed by atoms with Gasteiger partial charge in [-0.1, -0.05) is 15.9 Å². The standard InChI is InChI=1S/C16H25BrN2O2/c1-15(2)9-12(16(3,4)21-15)14(19-18)11-8-10(20-5)6-7-13(11)17/h6-8,12,14,19H,9,18H2,1-5H3. The molecule has 1 aliphatic rings. The zero-order valence-corrected chi connectivity index (χ0v) is 15.0. The minimum absolute atomic E-state index is 0.00810. The maximum Gasteiger partial charge on any atom is 0.119 e. The van der Waals surface area contributed by atoms with Gasteiger partial charge in [-0.2, -0.15) is 0 Å². The number of ether oxygens (including phenoxy) is 2. The third-order valence-electron chi connectivity index (χ3n) is 4.26. The Bertz CT molecular complexity index is 517. The maximum atomic E-state index is 6.21. The summed E-state index contributed by atoms with van der Waals surface area (Å²) in [5, 5.41) is 0. The van der Waals surface area contributed by atoms with Crippen LogP contribution in [0.15, 0.2) is 22.7 Å². The second-order valence-corrected chi connectivity index (χ2v) is 7.66. The number of nitrogens with one attached hydrogen (secondary N) is 1. The summed E-state index contributed by atoms with van der Waals surface area (Å²) >= 11 is 3.62. The Morgan fingerprint density at radius 3 is 2.52 bits per heavy atom. The van der Waals surface area contributed by atoms with Crippen molar-refractivity contribution in [3.8, 4) is 5.75 Å². The molecule has 2 rings (SSSR count). The van der Waals surface area contributed by atoms with E-state index in [2.05, 4.69) is 49.1 Å². The van der Waals surface area contributed by atoms with Crippen LogP contribution in [0.4, 0.5) is 0 Å². The van der Waals surface area contributed by atoms with Crippen molar-refractivity contribution >= 4 is 15.9 Å². The Hall–Kier alpha value is -0.620. The third-order valence-corrected chi connectivity index (χ3v) is 4.99. The Balaban J connectivity index is 2.40. The number of hydrogen-bond donors (Lipinski definition) is 2. The minimum atomic E-state index is -0.247. The molecule has 0 amide bonds. The van der Waals surface area contributed by atoms with Crippen molar-refractivity contribution in [3.05, 3.63) is 28.2 Å². The van der Waals surface area contributed by atoms with Crippen LogP contribution in [0.25, 0.3) is 0 Å². The van der Waals surface area contributed by atoms with E-state index in [1.54, 1.807) is 7.11 Å². The highest BCUT2D eigenvalue weighted by molar-refractivity contribution is 9.10. The largest absolute Gasteiger partial charge is 0.497 e.